The van der Waals surface area contributed by atoms with Gasteiger partial charge in [0.2, 0.25) is 0 Å². The Bertz CT molecular complexity index is 970. The number of aromatic nitrogens is 1. The average molecular weight is 403 g/mol. The Morgan fingerprint density at radius 3 is 2.82 bits per heavy atom. The molecule has 0 aliphatic rings. The Morgan fingerprint density at radius 1 is 1.32 bits per heavy atom. The van der Waals surface area contributed by atoms with E-state index in [4.69, 9.17) is 21.1 Å². The number of ether oxygens (including phenoxy) is 2. The first kappa shape index (κ1) is 20.0. The fourth-order valence-electron chi connectivity index (χ4n) is 3.19. The predicted molar refractivity (Wildman–Crippen MR) is 109 cm³/mol. The van der Waals surface area contributed by atoms with Crippen LogP contribution in [-0.4, -0.2) is 35.8 Å². The number of aromatic amines is 1. The second-order valence-corrected chi connectivity index (χ2v) is 6.78. The number of carbonyl (C=O) groups is 1. The summed E-state index contributed by atoms with van der Waals surface area (Å²) in [6.07, 6.45) is 2.22. The van der Waals surface area contributed by atoms with Gasteiger partial charge in [-0.1, -0.05) is 29.8 Å². The SMILES string of the molecule is CCOc1cc(CN[C@@H](Cc2c[nH]c3ccccc23)C(=O)O)cc(Cl)c1OC. The second kappa shape index (κ2) is 8.99. The van der Waals surface area contributed by atoms with E-state index >= 15 is 0 Å². The Labute approximate surface area is 168 Å². The average Bonchev–Trinajstić information content (AvgIpc) is 3.08. The topological polar surface area (TPSA) is 83.6 Å². The largest absolute Gasteiger partial charge is 0.491 e. The third kappa shape index (κ3) is 4.40. The summed E-state index contributed by atoms with van der Waals surface area (Å²) in [5.41, 5.74) is 2.77. The Morgan fingerprint density at radius 2 is 2.11 bits per heavy atom. The minimum absolute atomic E-state index is 0.336. The zero-order chi connectivity index (χ0) is 20.1. The monoisotopic (exact) mass is 402 g/mol. The molecule has 0 amide bonds. The van der Waals surface area contributed by atoms with Crippen molar-refractivity contribution < 1.29 is 19.4 Å². The van der Waals surface area contributed by atoms with Crippen molar-refractivity contribution in [2.75, 3.05) is 13.7 Å². The number of nitrogens with one attached hydrogen (secondary N) is 2. The number of H-pyrrole nitrogens is 1. The summed E-state index contributed by atoms with van der Waals surface area (Å²) in [6.45, 7) is 2.69. The highest BCUT2D eigenvalue weighted by Crippen LogP contribution is 2.36. The first-order chi connectivity index (χ1) is 13.5. The van der Waals surface area contributed by atoms with Crippen molar-refractivity contribution in [3.05, 3.63) is 58.7 Å². The highest BCUT2D eigenvalue weighted by Gasteiger charge is 2.20. The first-order valence-electron chi connectivity index (χ1n) is 9.03. The van der Waals surface area contributed by atoms with Crippen molar-refractivity contribution in [3.63, 3.8) is 0 Å². The maximum absolute atomic E-state index is 11.8. The van der Waals surface area contributed by atoms with Crippen LogP contribution in [-0.2, 0) is 17.8 Å². The summed E-state index contributed by atoms with van der Waals surface area (Å²) >= 11 is 6.28. The van der Waals surface area contributed by atoms with E-state index < -0.39 is 12.0 Å². The molecule has 0 radical (unpaired) electrons. The molecule has 6 nitrogen and oxygen atoms in total. The summed E-state index contributed by atoms with van der Waals surface area (Å²) in [5.74, 6) is 0.105. The van der Waals surface area contributed by atoms with E-state index in [9.17, 15) is 9.90 Å². The van der Waals surface area contributed by atoms with Crippen LogP contribution in [0.4, 0.5) is 0 Å². The molecule has 148 valence electrons. The van der Waals surface area contributed by atoms with Crippen LogP contribution in [0.2, 0.25) is 5.02 Å². The molecule has 0 aliphatic heterocycles. The number of aliphatic carboxylic acids is 1. The van der Waals surface area contributed by atoms with E-state index in [1.165, 1.54) is 7.11 Å². The molecule has 3 rings (SSSR count). The second-order valence-electron chi connectivity index (χ2n) is 6.38. The van der Waals surface area contributed by atoms with E-state index in [2.05, 4.69) is 10.3 Å². The normalized spacial score (nSPS) is 12.1. The number of methoxy groups -OCH3 is 1. The molecule has 3 aromatic rings. The van der Waals surface area contributed by atoms with Gasteiger partial charge in [0, 0.05) is 30.1 Å². The summed E-state index contributed by atoms with van der Waals surface area (Å²) < 4.78 is 10.9. The number of halogens is 1. The van der Waals surface area contributed by atoms with Gasteiger partial charge in [0.05, 0.1) is 18.7 Å². The zero-order valence-corrected chi connectivity index (χ0v) is 16.5. The quantitative estimate of drug-likeness (QED) is 0.503. The molecular formula is C21H23ClN2O4. The van der Waals surface area contributed by atoms with Gasteiger partial charge < -0.3 is 24.9 Å². The molecular weight excluding hydrogens is 380 g/mol. The third-order valence-corrected chi connectivity index (χ3v) is 4.80. The van der Waals surface area contributed by atoms with Crippen molar-refractivity contribution in [1.82, 2.24) is 10.3 Å². The number of fused-ring (bicyclic) bond motifs is 1. The van der Waals surface area contributed by atoms with Crippen LogP contribution in [0.3, 0.4) is 0 Å². The number of rotatable bonds is 9. The molecule has 1 atom stereocenters. The third-order valence-electron chi connectivity index (χ3n) is 4.52. The van der Waals surface area contributed by atoms with Crippen LogP contribution >= 0.6 is 11.6 Å². The van der Waals surface area contributed by atoms with Crippen molar-refractivity contribution >= 4 is 28.5 Å². The summed E-state index contributed by atoms with van der Waals surface area (Å²) in [4.78, 5) is 15.0. The molecule has 7 heteroatoms. The van der Waals surface area contributed by atoms with Crippen LogP contribution in [0.1, 0.15) is 18.1 Å². The number of hydrogen-bond donors (Lipinski definition) is 3. The van der Waals surface area contributed by atoms with Crippen molar-refractivity contribution in [2.45, 2.75) is 25.9 Å². The van der Waals surface area contributed by atoms with E-state index in [-0.39, 0.29) is 0 Å². The maximum atomic E-state index is 11.8. The minimum atomic E-state index is -0.907. The Hall–Kier alpha value is -2.70. The molecule has 0 spiro atoms. The molecule has 2 aromatic carbocycles. The van der Waals surface area contributed by atoms with Crippen LogP contribution in [0.5, 0.6) is 11.5 Å². The van der Waals surface area contributed by atoms with Gasteiger partial charge in [-0.3, -0.25) is 4.79 Å². The van der Waals surface area contributed by atoms with Gasteiger partial charge in [0.25, 0.3) is 0 Å². The molecule has 0 unspecified atom stereocenters. The Kier molecular flexibility index (Phi) is 6.44. The van der Waals surface area contributed by atoms with Gasteiger partial charge in [-0.25, -0.2) is 0 Å². The van der Waals surface area contributed by atoms with Gasteiger partial charge in [0.1, 0.15) is 6.04 Å². The highest BCUT2D eigenvalue weighted by atomic mass is 35.5. The molecule has 1 aromatic heterocycles. The molecule has 0 bridgehead atoms. The first-order valence-corrected chi connectivity index (χ1v) is 9.41. The molecule has 0 saturated carbocycles. The van der Waals surface area contributed by atoms with Gasteiger partial charge in [-0.15, -0.1) is 0 Å². The van der Waals surface area contributed by atoms with Gasteiger partial charge >= 0.3 is 5.97 Å². The Balaban J connectivity index is 1.76. The highest BCUT2D eigenvalue weighted by molar-refractivity contribution is 6.32. The number of carboxylic acids is 1. The van der Waals surface area contributed by atoms with Crippen LogP contribution in [0, 0.1) is 0 Å². The van der Waals surface area contributed by atoms with Crippen LogP contribution in [0.25, 0.3) is 10.9 Å². The number of hydrogen-bond acceptors (Lipinski definition) is 4. The fraction of sp³-hybridized carbons (Fsp3) is 0.286. The molecule has 3 N–H and O–H groups in total. The number of benzene rings is 2. The zero-order valence-electron chi connectivity index (χ0n) is 15.8. The number of para-hydroxylation sites is 1. The maximum Gasteiger partial charge on any atom is 0.321 e. The van der Waals surface area contributed by atoms with Gasteiger partial charge in [-0.05, 0) is 36.2 Å². The lowest BCUT2D eigenvalue weighted by atomic mass is 10.0. The lowest BCUT2D eigenvalue weighted by Gasteiger charge is -2.16. The smallest absolute Gasteiger partial charge is 0.321 e. The molecule has 0 saturated heterocycles. The van der Waals surface area contributed by atoms with E-state index in [0.29, 0.717) is 36.1 Å². The van der Waals surface area contributed by atoms with Crippen molar-refractivity contribution in [3.8, 4) is 11.5 Å². The van der Waals surface area contributed by atoms with Crippen molar-refractivity contribution in [2.24, 2.45) is 0 Å². The van der Waals surface area contributed by atoms with Crippen LogP contribution in [0.15, 0.2) is 42.6 Å². The summed E-state index contributed by atoms with van der Waals surface area (Å²) in [5, 5.41) is 14.2. The molecule has 0 aliphatic carbocycles. The van der Waals surface area contributed by atoms with Crippen LogP contribution < -0.4 is 14.8 Å². The van der Waals surface area contributed by atoms with Gasteiger partial charge in [-0.2, -0.15) is 0 Å². The predicted octanol–water partition coefficient (Wildman–Crippen LogP) is 4.01. The molecule has 1 heterocycles. The summed E-state index contributed by atoms with van der Waals surface area (Å²) in [7, 11) is 1.53. The van der Waals surface area contributed by atoms with E-state index in [1.807, 2.05) is 43.5 Å². The van der Waals surface area contributed by atoms with E-state index in [0.717, 1.165) is 22.0 Å². The lowest BCUT2D eigenvalue weighted by Crippen LogP contribution is -2.38. The van der Waals surface area contributed by atoms with Gasteiger partial charge in [0.15, 0.2) is 11.5 Å². The number of carboxylic acid groups (broad SMARTS) is 1. The molecule has 28 heavy (non-hydrogen) atoms. The summed E-state index contributed by atoms with van der Waals surface area (Å²) in [6, 6.07) is 10.7. The fourth-order valence-corrected chi connectivity index (χ4v) is 3.50. The van der Waals surface area contributed by atoms with E-state index in [1.54, 1.807) is 6.07 Å². The van der Waals surface area contributed by atoms with Crippen molar-refractivity contribution in [1.29, 1.82) is 0 Å². The lowest BCUT2D eigenvalue weighted by molar-refractivity contribution is -0.139. The minimum Gasteiger partial charge on any atom is -0.491 e. The molecule has 0 fully saturated rings. The standard InChI is InChI=1S/C21H23ClN2O4/c1-3-28-19-9-13(8-16(22)20(19)27-2)11-23-18(21(25)26)10-14-12-24-17-7-5-4-6-15(14)17/h4-9,12,18,23-24H,3,10-11H2,1-2H3,(H,25,26)/t18-/m0/s1.